The van der Waals surface area contributed by atoms with E-state index in [1.807, 2.05) is 23.2 Å². The first-order valence-corrected chi connectivity index (χ1v) is 13.1. The Morgan fingerprint density at radius 2 is 1.91 bits per heavy atom. The molecular weight excluding hydrogens is 422 g/mol. The third kappa shape index (κ3) is 4.57. The first kappa shape index (κ1) is 21.9. The standard InChI is InChI=1S/C24H35N5O2S/c1-3-31-24(30)29-13-9-17(10-14-29)25-22-21-18-5-4-6-19(18)32-23(21)27-20(26-22)15-28-11-7-16(2)8-12-28/h16-17H,3-15H2,1-2H3,(H,25,26,27). The van der Waals surface area contributed by atoms with Crippen molar-refractivity contribution in [3.8, 4) is 0 Å². The van der Waals surface area contributed by atoms with Crippen molar-refractivity contribution in [2.75, 3.05) is 38.1 Å². The predicted molar refractivity (Wildman–Crippen MR) is 128 cm³/mol. The molecule has 0 spiro atoms. The molecule has 1 aliphatic carbocycles. The van der Waals surface area contributed by atoms with Crippen LogP contribution in [0.2, 0.25) is 0 Å². The third-order valence-corrected chi connectivity index (χ3v) is 8.40. The van der Waals surface area contributed by atoms with E-state index in [-0.39, 0.29) is 6.09 Å². The molecule has 0 saturated carbocycles. The number of nitrogens with one attached hydrogen (secondary N) is 1. The molecule has 0 unspecified atom stereocenters. The van der Waals surface area contributed by atoms with Gasteiger partial charge in [-0.15, -0.1) is 11.3 Å². The van der Waals surface area contributed by atoms with Gasteiger partial charge in [-0.1, -0.05) is 6.92 Å². The van der Waals surface area contributed by atoms with Gasteiger partial charge >= 0.3 is 6.09 Å². The van der Waals surface area contributed by atoms with Gasteiger partial charge in [0.15, 0.2) is 0 Å². The molecule has 2 aromatic rings. The number of hydrogen-bond donors (Lipinski definition) is 1. The molecule has 0 radical (unpaired) electrons. The maximum atomic E-state index is 12.0. The molecular formula is C24H35N5O2S. The van der Waals surface area contributed by atoms with Crippen molar-refractivity contribution in [1.82, 2.24) is 19.8 Å². The minimum absolute atomic E-state index is 0.191. The van der Waals surface area contributed by atoms with Crippen LogP contribution in [0.25, 0.3) is 10.2 Å². The van der Waals surface area contributed by atoms with Gasteiger partial charge in [0.25, 0.3) is 0 Å². The van der Waals surface area contributed by atoms with Gasteiger partial charge in [0.05, 0.1) is 18.5 Å². The highest BCUT2D eigenvalue weighted by Gasteiger charge is 2.27. The number of amides is 1. The molecule has 2 fully saturated rings. The van der Waals surface area contributed by atoms with Gasteiger partial charge < -0.3 is 15.0 Å². The van der Waals surface area contributed by atoms with Crippen LogP contribution in [0.4, 0.5) is 10.6 Å². The van der Waals surface area contributed by atoms with Crippen LogP contribution >= 0.6 is 11.3 Å². The van der Waals surface area contributed by atoms with Crippen molar-refractivity contribution >= 4 is 33.5 Å². The van der Waals surface area contributed by atoms with Gasteiger partial charge in [-0.25, -0.2) is 14.8 Å². The van der Waals surface area contributed by atoms with Gasteiger partial charge in [-0.05, 0) is 76.4 Å². The smallest absolute Gasteiger partial charge is 0.409 e. The Bertz CT molecular complexity index is 961. The molecule has 7 nitrogen and oxygen atoms in total. The van der Waals surface area contributed by atoms with Crippen LogP contribution in [0.1, 0.15) is 62.2 Å². The number of piperidine rings is 2. The lowest BCUT2D eigenvalue weighted by atomic mass is 9.99. The average molecular weight is 458 g/mol. The highest BCUT2D eigenvalue weighted by atomic mass is 32.1. The monoisotopic (exact) mass is 457 g/mol. The molecule has 1 amide bonds. The fourth-order valence-corrected chi connectivity index (χ4v) is 6.53. The largest absolute Gasteiger partial charge is 0.450 e. The van der Waals surface area contributed by atoms with Crippen molar-refractivity contribution in [3.05, 3.63) is 16.3 Å². The zero-order valence-electron chi connectivity index (χ0n) is 19.4. The summed E-state index contributed by atoms with van der Waals surface area (Å²) in [5.74, 6) is 2.79. The average Bonchev–Trinajstić information content (AvgIpc) is 3.37. The lowest BCUT2D eigenvalue weighted by Crippen LogP contribution is -2.42. The number of aromatic nitrogens is 2. The van der Waals surface area contributed by atoms with Crippen LogP contribution in [0.3, 0.4) is 0 Å². The van der Waals surface area contributed by atoms with E-state index in [2.05, 4.69) is 17.1 Å². The summed E-state index contributed by atoms with van der Waals surface area (Å²) in [5.41, 5.74) is 1.47. The molecule has 0 aromatic carbocycles. The number of ether oxygens (including phenoxy) is 1. The Balaban J connectivity index is 1.34. The van der Waals surface area contributed by atoms with Crippen LogP contribution < -0.4 is 5.32 Å². The van der Waals surface area contributed by atoms with E-state index in [0.717, 1.165) is 74.4 Å². The van der Waals surface area contributed by atoms with Gasteiger partial charge in [0.2, 0.25) is 0 Å². The second-order valence-electron chi connectivity index (χ2n) is 9.59. The summed E-state index contributed by atoms with van der Waals surface area (Å²) in [4.78, 5) is 29.1. The van der Waals surface area contributed by atoms with E-state index in [1.54, 1.807) is 0 Å². The van der Waals surface area contributed by atoms with Crippen LogP contribution in [0.5, 0.6) is 0 Å². The highest BCUT2D eigenvalue weighted by molar-refractivity contribution is 7.19. The minimum Gasteiger partial charge on any atom is -0.450 e. The summed E-state index contributed by atoms with van der Waals surface area (Å²) < 4.78 is 5.17. The van der Waals surface area contributed by atoms with Gasteiger partial charge in [-0.2, -0.15) is 0 Å². The summed E-state index contributed by atoms with van der Waals surface area (Å²) in [5, 5.41) is 5.03. The molecule has 2 aliphatic heterocycles. The van der Waals surface area contributed by atoms with Crippen LogP contribution in [-0.2, 0) is 24.1 Å². The van der Waals surface area contributed by atoms with Crippen LogP contribution in [-0.4, -0.2) is 64.7 Å². The summed E-state index contributed by atoms with van der Waals surface area (Å²) in [7, 11) is 0. The lowest BCUT2D eigenvalue weighted by molar-refractivity contribution is 0.0983. The fraction of sp³-hybridized carbons (Fsp3) is 0.708. The Morgan fingerprint density at radius 1 is 1.12 bits per heavy atom. The van der Waals surface area contributed by atoms with E-state index in [9.17, 15) is 4.79 Å². The van der Waals surface area contributed by atoms with E-state index in [1.165, 1.54) is 41.5 Å². The lowest BCUT2D eigenvalue weighted by Gasteiger charge is -2.32. The molecule has 2 saturated heterocycles. The summed E-state index contributed by atoms with van der Waals surface area (Å²) in [6.07, 6.45) is 7.71. The summed E-state index contributed by atoms with van der Waals surface area (Å²) in [6.45, 7) is 9.20. The summed E-state index contributed by atoms with van der Waals surface area (Å²) in [6, 6.07) is 0.319. The number of carbonyl (C=O) groups excluding carboxylic acids is 1. The predicted octanol–water partition coefficient (Wildman–Crippen LogP) is 4.44. The van der Waals surface area contributed by atoms with Crippen molar-refractivity contribution in [2.45, 2.75) is 71.4 Å². The van der Waals surface area contributed by atoms with Crippen molar-refractivity contribution in [3.63, 3.8) is 0 Å². The van der Waals surface area contributed by atoms with E-state index >= 15 is 0 Å². The van der Waals surface area contributed by atoms with Gasteiger partial charge in [0, 0.05) is 24.0 Å². The number of rotatable bonds is 5. The molecule has 3 aliphatic rings. The maximum absolute atomic E-state index is 12.0. The Kier molecular flexibility index (Phi) is 6.51. The number of hydrogen-bond acceptors (Lipinski definition) is 7. The first-order valence-electron chi connectivity index (χ1n) is 12.3. The van der Waals surface area contributed by atoms with Crippen molar-refractivity contribution in [1.29, 1.82) is 0 Å². The van der Waals surface area contributed by atoms with E-state index in [4.69, 9.17) is 14.7 Å². The summed E-state index contributed by atoms with van der Waals surface area (Å²) >= 11 is 1.87. The molecule has 5 rings (SSSR count). The molecule has 0 atom stereocenters. The number of anilines is 1. The van der Waals surface area contributed by atoms with Crippen molar-refractivity contribution in [2.24, 2.45) is 5.92 Å². The van der Waals surface area contributed by atoms with Gasteiger partial charge in [0.1, 0.15) is 16.5 Å². The highest BCUT2D eigenvalue weighted by Crippen LogP contribution is 2.40. The van der Waals surface area contributed by atoms with E-state index < -0.39 is 0 Å². The van der Waals surface area contributed by atoms with E-state index in [0.29, 0.717) is 12.6 Å². The number of aryl methyl sites for hydroxylation is 2. The first-order chi connectivity index (χ1) is 15.6. The zero-order valence-corrected chi connectivity index (χ0v) is 20.2. The molecule has 1 N–H and O–H groups in total. The van der Waals surface area contributed by atoms with Gasteiger partial charge in [-0.3, -0.25) is 4.90 Å². The quantitative estimate of drug-likeness (QED) is 0.716. The zero-order chi connectivity index (χ0) is 22.1. The molecule has 8 heteroatoms. The van der Waals surface area contributed by atoms with Crippen LogP contribution in [0.15, 0.2) is 0 Å². The Labute approximate surface area is 194 Å². The topological polar surface area (TPSA) is 70.6 Å². The number of nitrogens with zero attached hydrogens (tertiary/aromatic N) is 4. The molecule has 32 heavy (non-hydrogen) atoms. The van der Waals surface area contributed by atoms with Crippen LogP contribution in [0, 0.1) is 5.92 Å². The molecule has 0 bridgehead atoms. The number of thiophene rings is 1. The SMILES string of the molecule is CCOC(=O)N1CCC(Nc2nc(CN3CCC(C)CC3)nc3sc4c(c23)CCC4)CC1. The molecule has 2 aromatic heterocycles. The second kappa shape index (κ2) is 9.51. The number of fused-ring (bicyclic) bond motifs is 3. The third-order valence-electron chi connectivity index (χ3n) is 7.21. The number of carbonyl (C=O) groups is 1. The number of likely N-dealkylation sites (tertiary alicyclic amines) is 2. The Hall–Kier alpha value is -1.93. The normalized spacial score (nSPS) is 20.6. The molecule has 174 valence electrons. The Morgan fingerprint density at radius 3 is 2.66 bits per heavy atom. The second-order valence-corrected chi connectivity index (χ2v) is 10.7. The maximum Gasteiger partial charge on any atom is 0.409 e. The molecule has 4 heterocycles. The fourth-order valence-electron chi connectivity index (χ4n) is 5.25. The van der Waals surface area contributed by atoms with Crippen molar-refractivity contribution < 1.29 is 9.53 Å². The minimum atomic E-state index is -0.191.